The molecule has 324 valence electrons. The van der Waals surface area contributed by atoms with Crippen LogP contribution in [0.5, 0.6) is 23.0 Å². The smallest absolute Gasteiger partial charge is 0.471 e. The Labute approximate surface area is 346 Å². The molecule has 1 aliphatic carbocycles. The molecule has 0 saturated carbocycles. The third-order valence-electron chi connectivity index (χ3n) is 10.2. The van der Waals surface area contributed by atoms with Gasteiger partial charge in [0.05, 0.1) is 13.2 Å². The van der Waals surface area contributed by atoms with Gasteiger partial charge in [-0.1, -0.05) is 79.7 Å². The normalized spacial score (nSPS) is 13.4. The number of carbonyl (C=O) groups is 2. The number of ether oxygens (including phenoxy) is 2. The molecule has 8 bridgehead atoms. The number of fused-ring (bicyclic) bond motifs is 8. The molecule has 14 heteroatoms. The number of anilines is 2. The summed E-state index contributed by atoms with van der Waals surface area (Å²) in [7, 11) is 0. The first-order valence-corrected chi connectivity index (χ1v) is 19.8. The molecule has 0 saturated heterocycles. The highest BCUT2D eigenvalue weighted by Gasteiger charge is 2.40. The monoisotopic (exact) mass is 842 g/mol. The predicted octanol–water partition coefficient (Wildman–Crippen LogP) is 10.9. The number of rotatable bonds is 8. The van der Waals surface area contributed by atoms with E-state index in [4.69, 9.17) is 9.47 Å². The zero-order valence-corrected chi connectivity index (χ0v) is 35.1. The van der Waals surface area contributed by atoms with Gasteiger partial charge >= 0.3 is 24.2 Å². The maximum Gasteiger partial charge on any atom is 0.471 e. The summed E-state index contributed by atoms with van der Waals surface area (Å²) < 4.78 is 94.5. The summed E-state index contributed by atoms with van der Waals surface area (Å²) in [6, 6.07) is 12.6. The van der Waals surface area contributed by atoms with E-state index >= 15 is 0 Å². The largest absolute Gasteiger partial charge is 0.507 e. The van der Waals surface area contributed by atoms with E-state index in [0.717, 1.165) is 11.1 Å². The third-order valence-corrected chi connectivity index (χ3v) is 10.2. The number of hydrogen-bond donors (Lipinski definition) is 4. The Kier molecular flexibility index (Phi) is 13.2. The van der Waals surface area contributed by atoms with Crippen LogP contribution in [0.3, 0.4) is 0 Å². The Bertz CT molecular complexity index is 2010. The molecule has 60 heavy (non-hydrogen) atoms. The maximum absolute atomic E-state index is 13.6. The number of aromatic hydroxyl groups is 2. The molecule has 0 unspecified atom stereocenters. The summed E-state index contributed by atoms with van der Waals surface area (Å²) in [5.41, 5.74) is 2.97. The summed E-state index contributed by atoms with van der Waals surface area (Å²) >= 11 is 0. The van der Waals surface area contributed by atoms with E-state index in [1.165, 1.54) is 24.3 Å². The Morgan fingerprint density at radius 1 is 0.517 bits per heavy atom. The van der Waals surface area contributed by atoms with E-state index in [0.29, 0.717) is 46.6 Å². The molecule has 8 nitrogen and oxygen atoms in total. The van der Waals surface area contributed by atoms with E-state index in [1.807, 2.05) is 90.3 Å². The Balaban J connectivity index is 1.92. The minimum absolute atomic E-state index is 0.0874. The van der Waals surface area contributed by atoms with Crippen LogP contribution in [0, 0.1) is 0 Å². The predicted molar refractivity (Wildman–Crippen MR) is 219 cm³/mol. The quantitative estimate of drug-likeness (QED) is 0.0913. The average molecular weight is 843 g/mol. The van der Waals surface area contributed by atoms with E-state index in [-0.39, 0.29) is 84.0 Å². The average Bonchev–Trinajstić information content (AvgIpc) is 3.12. The second kappa shape index (κ2) is 17.3. The van der Waals surface area contributed by atoms with E-state index in [1.54, 1.807) is 0 Å². The molecule has 2 amide bonds. The van der Waals surface area contributed by atoms with Gasteiger partial charge in [0.2, 0.25) is 0 Å². The van der Waals surface area contributed by atoms with Crippen molar-refractivity contribution < 1.29 is 55.6 Å². The standard InChI is InChI=1S/C46H52F6N2O6/c1-9-11-59-39-29-13-25-21-35(53-41(57)45(47,48)49)23-27(37(25)55)15-31-19-34(44(6,7)8)20-32(40(31)60-12-10-2)16-28-24-36(54-42(58)46(50,51)52)22-26(38(28)56)14-30(39)18-33(17-29)43(3,4)5/h17-24,55-56H,9-16H2,1-8H3,(H,53,57)(H,54,58). The van der Waals surface area contributed by atoms with Crippen molar-refractivity contribution in [2.45, 2.75) is 117 Å². The highest BCUT2D eigenvalue weighted by atomic mass is 19.4. The van der Waals surface area contributed by atoms with Crippen LogP contribution in [0.1, 0.15) is 124 Å². The number of amides is 2. The molecular formula is C46H52F6N2O6. The highest BCUT2D eigenvalue weighted by Crippen LogP contribution is 2.43. The van der Waals surface area contributed by atoms with Crippen LogP contribution in [0.25, 0.3) is 0 Å². The molecule has 0 fully saturated rings. The van der Waals surface area contributed by atoms with Crippen molar-refractivity contribution in [3.8, 4) is 23.0 Å². The van der Waals surface area contributed by atoms with Crippen LogP contribution < -0.4 is 20.1 Å². The van der Waals surface area contributed by atoms with Crippen LogP contribution in [-0.2, 0) is 46.1 Å². The van der Waals surface area contributed by atoms with Crippen LogP contribution in [0.2, 0.25) is 0 Å². The second-order valence-corrected chi connectivity index (χ2v) is 17.3. The first-order chi connectivity index (χ1) is 27.8. The van der Waals surface area contributed by atoms with Crippen molar-refractivity contribution in [2.24, 2.45) is 0 Å². The fraction of sp³-hybridized carbons (Fsp3) is 0.435. The van der Waals surface area contributed by atoms with Gasteiger partial charge in [0, 0.05) is 59.3 Å². The molecule has 1 aliphatic rings. The van der Waals surface area contributed by atoms with Crippen LogP contribution in [-0.4, -0.2) is 47.6 Å². The minimum Gasteiger partial charge on any atom is -0.507 e. The van der Waals surface area contributed by atoms with Gasteiger partial charge < -0.3 is 30.3 Å². The van der Waals surface area contributed by atoms with Crippen LogP contribution in [0.15, 0.2) is 48.5 Å². The summed E-state index contributed by atoms with van der Waals surface area (Å²) in [5.74, 6) is -4.13. The Hall–Kier alpha value is -5.40. The molecule has 4 aromatic rings. The van der Waals surface area contributed by atoms with Gasteiger partial charge in [0.25, 0.3) is 0 Å². The van der Waals surface area contributed by atoms with Crippen molar-refractivity contribution in [3.63, 3.8) is 0 Å². The number of benzene rings is 4. The SMILES string of the molecule is CCCOc1c2cc(C(C)(C)C)cc1Cc1cc(NC(=O)C(F)(F)F)cc(c1O)Cc1cc(C(C)(C)C)cc(c1OCCC)Cc1cc(NC(=O)C(F)(F)F)cc(c1O)C2. The van der Waals surface area contributed by atoms with Crippen molar-refractivity contribution in [2.75, 3.05) is 23.8 Å². The van der Waals surface area contributed by atoms with Gasteiger partial charge in [-0.15, -0.1) is 0 Å². The molecule has 0 aromatic heterocycles. The van der Waals surface area contributed by atoms with E-state index < -0.39 is 35.0 Å². The molecular weight excluding hydrogens is 791 g/mol. The van der Waals surface area contributed by atoms with Gasteiger partial charge in [-0.3, -0.25) is 9.59 Å². The molecule has 0 atom stereocenters. The highest BCUT2D eigenvalue weighted by molar-refractivity contribution is 5.96. The van der Waals surface area contributed by atoms with Crippen LogP contribution >= 0.6 is 0 Å². The number of alkyl halides is 6. The van der Waals surface area contributed by atoms with E-state index in [2.05, 4.69) is 0 Å². The van der Waals surface area contributed by atoms with Crippen molar-refractivity contribution in [1.29, 1.82) is 0 Å². The lowest BCUT2D eigenvalue weighted by Gasteiger charge is -2.26. The summed E-state index contributed by atoms with van der Waals surface area (Å²) in [6.07, 6.45) is -9.61. The molecule has 4 aromatic carbocycles. The zero-order valence-electron chi connectivity index (χ0n) is 35.1. The Morgan fingerprint density at radius 3 is 1.00 bits per heavy atom. The summed E-state index contributed by atoms with van der Waals surface area (Å²) in [5, 5.41) is 28.1. The lowest BCUT2D eigenvalue weighted by Crippen LogP contribution is -2.30. The molecule has 5 rings (SSSR count). The summed E-state index contributed by atoms with van der Waals surface area (Å²) in [6.45, 7) is 15.9. The van der Waals surface area contributed by atoms with Gasteiger partial charge in [0.1, 0.15) is 23.0 Å². The number of phenolic OH excluding ortho intramolecular Hbond substituents is 2. The topological polar surface area (TPSA) is 117 Å². The lowest BCUT2D eigenvalue weighted by molar-refractivity contribution is -0.167. The first-order valence-electron chi connectivity index (χ1n) is 19.8. The molecule has 0 spiro atoms. The summed E-state index contributed by atoms with van der Waals surface area (Å²) in [4.78, 5) is 24.6. The third kappa shape index (κ3) is 10.7. The van der Waals surface area contributed by atoms with Crippen molar-refractivity contribution >= 4 is 23.2 Å². The second-order valence-electron chi connectivity index (χ2n) is 17.3. The van der Waals surface area contributed by atoms with Gasteiger partial charge in [-0.2, -0.15) is 26.3 Å². The molecule has 0 radical (unpaired) electrons. The van der Waals surface area contributed by atoms with E-state index in [9.17, 15) is 46.1 Å². The minimum atomic E-state index is -5.20. The fourth-order valence-electron chi connectivity index (χ4n) is 7.11. The van der Waals surface area contributed by atoms with Crippen molar-refractivity contribution in [3.05, 3.63) is 104 Å². The number of nitrogens with one attached hydrogen (secondary N) is 2. The molecule has 4 N–H and O–H groups in total. The Morgan fingerprint density at radius 2 is 0.783 bits per heavy atom. The number of halogens is 6. The zero-order chi connectivity index (χ0) is 44.5. The maximum atomic E-state index is 13.6. The van der Waals surface area contributed by atoms with Crippen LogP contribution in [0.4, 0.5) is 37.7 Å². The van der Waals surface area contributed by atoms with Gasteiger partial charge in [-0.25, -0.2) is 0 Å². The van der Waals surface area contributed by atoms with Gasteiger partial charge in [0.15, 0.2) is 0 Å². The van der Waals surface area contributed by atoms with Crippen molar-refractivity contribution in [1.82, 2.24) is 0 Å². The molecule has 0 heterocycles. The van der Waals surface area contributed by atoms with Gasteiger partial charge in [-0.05, 0) is 81.3 Å². The number of phenols is 2. The first kappa shape index (κ1) is 45.7. The fourth-order valence-corrected chi connectivity index (χ4v) is 7.11. The molecule has 0 aliphatic heterocycles. The lowest BCUT2D eigenvalue weighted by atomic mass is 9.81. The number of carbonyl (C=O) groups excluding carboxylic acids is 2. The number of hydrogen-bond acceptors (Lipinski definition) is 6.